The van der Waals surface area contributed by atoms with Gasteiger partial charge in [-0.15, -0.1) is 11.3 Å². The van der Waals surface area contributed by atoms with Gasteiger partial charge in [-0.05, 0) is 80.9 Å². The molecule has 7 heteroatoms. The summed E-state index contributed by atoms with van der Waals surface area (Å²) in [5, 5.41) is 2.18. The van der Waals surface area contributed by atoms with Gasteiger partial charge in [0.15, 0.2) is 0 Å². The van der Waals surface area contributed by atoms with E-state index in [9.17, 15) is 8.42 Å². The highest BCUT2D eigenvalue weighted by atomic mass is 32.2. The Morgan fingerprint density at radius 2 is 1.92 bits per heavy atom. The lowest BCUT2D eigenvalue weighted by molar-refractivity contribution is 0.139. The first-order valence-corrected chi connectivity index (χ1v) is 11.4. The van der Waals surface area contributed by atoms with Crippen LogP contribution in [-0.2, 0) is 16.4 Å². The molecule has 0 aliphatic carbocycles. The molecule has 0 spiro atoms. The Labute approximate surface area is 160 Å². The van der Waals surface area contributed by atoms with Gasteiger partial charge in [0, 0.05) is 29.2 Å². The standard InChI is InChI=1S/C19H27N3O2S2/c1-14-13-16-9-12-25-19(16)15(2)22(14)11-4-3-10-21-26(23,24)18-7-5-17(20)6-8-18/h5-9,12,14-15,21H,3-4,10-11,13,20H2,1-2H3. The zero-order chi connectivity index (χ0) is 18.7. The maximum absolute atomic E-state index is 12.3. The van der Waals surface area contributed by atoms with Crippen molar-refractivity contribution in [3.8, 4) is 0 Å². The maximum Gasteiger partial charge on any atom is 0.240 e. The summed E-state index contributed by atoms with van der Waals surface area (Å²) in [6.07, 6.45) is 2.90. The van der Waals surface area contributed by atoms with Crippen LogP contribution in [0.3, 0.4) is 0 Å². The van der Waals surface area contributed by atoms with Crippen LogP contribution < -0.4 is 10.5 Å². The molecule has 0 saturated carbocycles. The average Bonchev–Trinajstić information content (AvgIpc) is 3.06. The monoisotopic (exact) mass is 393 g/mol. The fourth-order valence-electron chi connectivity index (χ4n) is 3.62. The van der Waals surface area contributed by atoms with Crippen molar-refractivity contribution < 1.29 is 8.42 Å². The molecule has 2 atom stereocenters. The fraction of sp³-hybridized carbons (Fsp3) is 0.474. The first kappa shape index (κ1) is 19.4. The Balaban J connectivity index is 1.46. The smallest absolute Gasteiger partial charge is 0.240 e. The first-order chi connectivity index (χ1) is 12.4. The number of nitrogens with zero attached hydrogens (tertiary/aromatic N) is 1. The van der Waals surface area contributed by atoms with E-state index in [4.69, 9.17) is 5.73 Å². The summed E-state index contributed by atoms with van der Waals surface area (Å²) in [5.74, 6) is 0. The number of nitrogens with one attached hydrogen (secondary N) is 1. The molecule has 3 N–H and O–H groups in total. The number of nitrogen functional groups attached to an aromatic ring is 1. The molecule has 0 radical (unpaired) electrons. The van der Waals surface area contributed by atoms with Crippen LogP contribution in [-0.4, -0.2) is 32.4 Å². The van der Waals surface area contributed by atoms with Crippen LogP contribution in [0.15, 0.2) is 40.6 Å². The Kier molecular flexibility index (Phi) is 6.02. The summed E-state index contributed by atoms with van der Waals surface area (Å²) in [4.78, 5) is 4.27. The number of anilines is 1. The third-order valence-electron chi connectivity index (χ3n) is 5.06. The Bertz CT molecular complexity index is 831. The Morgan fingerprint density at radius 1 is 1.19 bits per heavy atom. The van der Waals surface area contributed by atoms with Gasteiger partial charge in [0.05, 0.1) is 4.90 Å². The summed E-state index contributed by atoms with van der Waals surface area (Å²) >= 11 is 1.84. The van der Waals surface area contributed by atoms with Gasteiger partial charge in [-0.1, -0.05) is 0 Å². The normalized spacial score (nSPS) is 20.8. The van der Waals surface area contributed by atoms with Crippen LogP contribution in [0.2, 0.25) is 0 Å². The highest BCUT2D eigenvalue weighted by Crippen LogP contribution is 2.36. The quantitative estimate of drug-likeness (QED) is 0.558. The van der Waals surface area contributed by atoms with Crippen molar-refractivity contribution in [1.29, 1.82) is 0 Å². The number of thiophene rings is 1. The molecule has 142 valence electrons. The summed E-state index contributed by atoms with van der Waals surface area (Å²) in [5.41, 5.74) is 7.65. The van der Waals surface area contributed by atoms with Gasteiger partial charge in [-0.3, -0.25) is 4.90 Å². The predicted octanol–water partition coefficient (Wildman–Crippen LogP) is 3.40. The molecule has 26 heavy (non-hydrogen) atoms. The van der Waals surface area contributed by atoms with Crippen molar-refractivity contribution in [3.63, 3.8) is 0 Å². The van der Waals surface area contributed by atoms with Crippen LogP contribution in [0.1, 0.15) is 43.2 Å². The first-order valence-electron chi connectivity index (χ1n) is 9.05. The van der Waals surface area contributed by atoms with Crippen LogP contribution in [0.4, 0.5) is 5.69 Å². The predicted molar refractivity (Wildman–Crippen MR) is 108 cm³/mol. The lowest BCUT2D eigenvalue weighted by atomic mass is 9.96. The highest BCUT2D eigenvalue weighted by Gasteiger charge is 2.29. The summed E-state index contributed by atoms with van der Waals surface area (Å²) < 4.78 is 27.2. The van der Waals surface area contributed by atoms with Crippen molar-refractivity contribution >= 4 is 27.0 Å². The molecule has 1 aromatic heterocycles. The van der Waals surface area contributed by atoms with Gasteiger partial charge < -0.3 is 5.73 Å². The number of rotatable bonds is 7. The van der Waals surface area contributed by atoms with E-state index in [1.807, 2.05) is 11.3 Å². The molecule has 1 aromatic carbocycles. The van der Waals surface area contributed by atoms with Gasteiger partial charge in [-0.2, -0.15) is 0 Å². The van der Waals surface area contributed by atoms with Gasteiger partial charge >= 0.3 is 0 Å². The average molecular weight is 394 g/mol. The molecule has 0 saturated heterocycles. The molecule has 5 nitrogen and oxygen atoms in total. The number of fused-ring (bicyclic) bond motifs is 1. The Hall–Kier alpha value is -1.41. The molecule has 0 bridgehead atoms. The molecular formula is C19H27N3O2S2. The molecule has 1 aliphatic rings. The fourth-order valence-corrected chi connectivity index (χ4v) is 5.71. The largest absolute Gasteiger partial charge is 0.399 e. The van der Waals surface area contributed by atoms with Crippen molar-refractivity contribution in [2.75, 3.05) is 18.8 Å². The summed E-state index contributed by atoms with van der Waals surface area (Å²) in [7, 11) is -3.45. The van der Waals surface area contributed by atoms with E-state index < -0.39 is 10.0 Å². The van der Waals surface area contributed by atoms with E-state index in [-0.39, 0.29) is 4.90 Å². The van der Waals surface area contributed by atoms with E-state index in [1.165, 1.54) is 22.6 Å². The molecule has 0 amide bonds. The minimum atomic E-state index is -3.45. The van der Waals surface area contributed by atoms with Crippen molar-refractivity contribution in [3.05, 3.63) is 46.2 Å². The number of unbranched alkanes of at least 4 members (excludes halogenated alkanes) is 1. The van der Waals surface area contributed by atoms with Crippen molar-refractivity contribution in [1.82, 2.24) is 9.62 Å². The third-order valence-corrected chi connectivity index (χ3v) is 7.67. The second-order valence-corrected chi connectivity index (χ2v) is 9.67. The molecule has 3 rings (SSSR count). The summed E-state index contributed by atoms with van der Waals surface area (Å²) in [6, 6.07) is 9.50. The van der Waals surface area contributed by atoms with Crippen LogP contribution >= 0.6 is 11.3 Å². The number of nitrogens with two attached hydrogens (primary N) is 1. The maximum atomic E-state index is 12.3. The van der Waals surface area contributed by atoms with Gasteiger partial charge in [0.2, 0.25) is 10.0 Å². The summed E-state index contributed by atoms with van der Waals surface area (Å²) in [6.45, 7) is 5.99. The third kappa shape index (κ3) is 4.28. The molecule has 2 unspecified atom stereocenters. The highest BCUT2D eigenvalue weighted by molar-refractivity contribution is 7.89. The second-order valence-electron chi connectivity index (χ2n) is 6.95. The van der Waals surface area contributed by atoms with E-state index >= 15 is 0 Å². The second kappa shape index (κ2) is 8.08. The number of hydrogen-bond donors (Lipinski definition) is 2. The lowest BCUT2D eigenvalue weighted by Gasteiger charge is -2.39. The number of hydrogen-bond acceptors (Lipinski definition) is 5. The topological polar surface area (TPSA) is 75.4 Å². The molecular weight excluding hydrogens is 366 g/mol. The zero-order valence-electron chi connectivity index (χ0n) is 15.3. The molecule has 2 heterocycles. The number of sulfonamides is 1. The molecule has 2 aromatic rings. The molecule has 0 fully saturated rings. The van der Waals surface area contributed by atoms with E-state index in [0.29, 0.717) is 24.3 Å². The van der Waals surface area contributed by atoms with Crippen LogP contribution in [0.25, 0.3) is 0 Å². The SMILES string of the molecule is CC1Cc2ccsc2C(C)N1CCCCNS(=O)(=O)c1ccc(N)cc1. The minimum Gasteiger partial charge on any atom is -0.399 e. The van der Waals surface area contributed by atoms with E-state index in [0.717, 1.165) is 25.8 Å². The minimum absolute atomic E-state index is 0.259. The Morgan fingerprint density at radius 3 is 2.65 bits per heavy atom. The lowest BCUT2D eigenvalue weighted by Crippen LogP contribution is -2.41. The van der Waals surface area contributed by atoms with Crippen molar-refractivity contribution in [2.24, 2.45) is 0 Å². The van der Waals surface area contributed by atoms with E-state index in [2.05, 4.69) is 34.9 Å². The van der Waals surface area contributed by atoms with Crippen LogP contribution in [0.5, 0.6) is 0 Å². The molecule has 1 aliphatic heterocycles. The van der Waals surface area contributed by atoms with Gasteiger partial charge in [0.1, 0.15) is 0 Å². The zero-order valence-corrected chi connectivity index (χ0v) is 16.9. The van der Waals surface area contributed by atoms with Gasteiger partial charge in [-0.25, -0.2) is 13.1 Å². The van der Waals surface area contributed by atoms with Crippen molar-refractivity contribution in [2.45, 2.75) is 50.1 Å². The van der Waals surface area contributed by atoms with Crippen LogP contribution in [0, 0.1) is 0 Å². The van der Waals surface area contributed by atoms with E-state index in [1.54, 1.807) is 12.1 Å². The van der Waals surface area contributed by atoms with Gasteiger partial charge in [0.25, 0.3) is 0 Å². The number of benzene rings is 1.